The monoisotopic (exact) mass is 292 g/mol. The van der Waals surface area contributed by atoms with E-state index in [-0.39, 0.29) is 4.90 Å². The fourth-order valence-electron chi connectivity index (χ4n) is 2.36. The van der Waals surface area contributed by atoms with E-state index in [2.05, 4.69) is 20.2 Å². The topological polar surface area (TPSA) is 86.9 Å². The predicted molar refractivity (Wildman–Crippen MR) is 77.4 cm³/mol. The van der Waals surface area contributed by atoms with Gasteiger partial charge in [0.2, 0.25) is 0 Å². The highest BCUT2D eigenvalue weighted by Gasteiger charge is 2.19. The molecule has 0 unspecified atom stereocenters. The Morgan fingerprint density at radius 2 is 2.20 bits per heavy atom. The molecule has 106 valence electrons. The summed E-state index contributed by atoms with van der Waals surface area (Å²) in [6.07, 6.45) is 3.34. The number of nitrogens with one attached hydrogen (secondary N) is 3. The molecule has 1 aromatic carbocycles. The molecule has 1 aliphatic rings. The highest BCUT2D eigenvalue weighted by Crippen LogP contribution is 2.26. The molecule has 1 aliphatic heterocycles. The minimum Gasteiger partial charge on any atom is -0.385 e. The quantitative estimate of drug-likeness (QED) is 0.806. The van der Waals surface area contributed by atoms with Crippen molar-refractivity contribution in [1.82, 2.24) is 10.2 Å². The molecule has 0 saturated carbocycles. The number of sulfonamides is 1. The van der Waals surface area contributed by atoms with Gasteiger partial charge in [-0.3, -0.25) is 9.82 Å². The summed E-state index contributed by atoms with van der Waals surface area (Å²) in [4.78, 5) is 0.174. The van der Waals surface area contributed by atoms with E-state index in [9.17, 15) is 8.42 Å². The van der Waals surface area contributed by atoms with E-state index in [1.807, 2.05) is 12.1 Å². The molecule has 7 heteroatoms. The van der Waals surface area contributed by atoms with Crippen molar-refractivity contribution < 1.29 is 8.42 Å². The first-order chi connectivity index (χ1) is 9.56. The Labute approximate surface area is 117 Å². The minimum absolute atomic E-state index is 0.174. The lowest BCUT2D eigenvalue weighted by atomic mass is 10.0. The van der Waals surface area contributed by atoms with Gasteiger partial charge >= 0.3 is 0 Å². The van der Waals surface area contributed by atoms with E-state index in [1.165, 1.54) is 6.20 Å². The molecule has 0 fully saturated rings. The van der Waals surface area contributed by atoms with Crippen LogP contribution in [0.1, 0.15) is 17.7 Å². The number of aromatic amines is 1. The van der Waals surface area contributed by atoms with Crippen molar-refractivity contribution in [2.24, 2.45) is 0 Å². The molecule has 0 saturated heterocycles. The van der Waals surface area contributed by atoms with Gasteiger partial charge in [-0.25, -0.2) is 8.42 Å². The summed E-state index contributed by atoms with van der Waals surface area (Å²) in [5, 5.41) is 9.67. The summed E-state index contributed by atoms with van der Waals surface area (Å²) in [5.74, 6) is 0. The van der Waals surface area contributed by atoms with Crippen molar-refractivity contribution in [3.8, 4) is 0 Å². The number of rotatable bonds is 3. The van der Waals surface area contributed by atoms with Crippen LogP contribution >= 0.6 is 0 Å². The lowest BCUT2D eigenvalue weighted by molar-refractivity contribution is 0.600. The van der Waals surface area contributed by atoms with Gasteiger partial charge < -0.3 is 5.32 Å². The second-order valence-electron chi connectivity index (χ2n) is 4.87. The van der Waals surface area contributed by atoms with Gasteiger partial charge in [0, 0.05) is 17.9 Å². The maximum absolute atomic E-state index is 12.3. The van der Waals surface area contributed by atoms with Gasteiger partial charge in [-0.15, -0.1) is 0 Å². The first-order valence-electron chi connectivity index (χ1n) is 6.46. The van der Waals surface area contributed by atoms with Crippen LogP contribution in [0.25, 0.3) is 0 Å². The van der Waals surface area contributed by atoms with E-state index in [1.54, 1.807) is 13.0 Å². The van der Waals surface area contributed by atoms with Crippen molar-refractivity contribution in [3.63, 3.8) is 0 Å². The molecule has 2 aromatic rings. The second kappa shape index (κ2) is 4.82. The van der Waals surface area contributed by atoms with E-state index >= 15 is 0 Å². The van der Waals surface area contributed by atoms with Crippen molar-refractivity contribution in [2.45, 2.75) is 24.7 Å². The maximum atomic E-state index is 12.3. The largest absolute Gasteiger partial charge is 0.385 e. The van der Waals surface area contributed by atoms with Crippen molar-refractivity contribution >= 4 is 21.4 Å². The summed E-state index contributed by atoms with van der Waals surface area (Å²) < 4.78 is 27.1. The molecule has 0 atom stereocenters. The number of anilines is 2. The smallest absolute Gasteiger partial charge is 0.265 e. The number of benzene rings is 1. The van der Waals surface area contributed by atoms with E-state index in [0.717, 1.165) is 30.6 Å². The van der Waals surface area contributed by atoms with Crippen LogP contribution < -0.4 is 10.0 Å². The van der Waals surface area contributed by atoms with E-state index < -0.39 is 10.0 Å². The molecule has 6 nitrogen and oxygen atoms in total. The molecular weight excluding hydrogens is 276 g/mol. The standard InChI is InChI=1S/C13H16N4O2S/c1-9-13(8-15-16-9)20(18,19)17-11-4-5-12-10(7-11)3-2-6-14-12/h4-5,7-8,14,17H,2-3,6H2,1H3,(H,15,16). The number of hydrogen-bond acceptors (Lipinski definition) is 4. The van der Waals surface area contributed by atoms with Crippen LogP contribution in [0.4, 0.5) is 11.4 Å². The molecule has 0 aliphatic carbocycles. The lowest BCUT2D eigenvalue weighted by Gasteiger charge is -2.19. The molecule has 0 radical (unpaired) electrons. The number of aromatic nitrogens is 2. The van der Waals surface area contributed by atoms with Gasteiger partial charge in [0.05, 0.1) is 11.9 Å². The molecule has 2 heterocycles. The highest BCUT2D eigenvalue weighted by molar-refractivity contribution is 7.92. The van der Waals surface area contributed by atoms with Crippen LogP contribution in [0.3, 0.4) is 0 Å². The van der Waals surface area contributed by atoms with Crippen molar-refractivity contribution in [1.29, 1.82) is 0 Å². The average Bonchev–Trinajstić information content (AvgIpc) is 2.85. The van der Waals surface area contributed by atoms with Crippen LogP contribution in [0.15, 0.2) is 29.3 Å². The molecular formula is C13H16N4O2S. The normalized spacial score (nSPS) is 14.4. The summed E-state index contributed by atoms with van der Waals surface area (Å²) in [6.45, 7) is 2.64. The first kappa shape index (κ1) is 13.0. The number of fused-ring (bicyclic) bond motifs is 1. The molecule has 20 heavy (non-hydrogen) atoms. The second-order valence-corrected chi connectivity index (χ2v) is 6.52. The number of hydrogen-bond donors (Lipinski definition) is 3. The van der Waals surface area contributed by atoms with Gasteiger partial charge in [-0.2, -0.15) is 5.10 Å². The Morgan fingerprint density at radius 3 is 2.95 bits per heavy atom. The molecule has 0 bridgehead atoms. The van der Waals surface area contributed by atoms with Gasteiger partial charge in [0.1, 0.15) is 4.90 Å². The van der Waals surface area contributed by atoms with Crippen LogP contribution in [0.5, 0.6) is 0 Å². The summed E-state index contributed by atoms with van der Waals surface area (Å²) in [6, 6.07) is 5.56. The Bertz CT molecular complexity index is 737. The molecule has 3 N–H and O–H groups in total. The van der Waals surface area contributed by atoms with Crippen LogP contribution in [-0.2, 0) is 16.4 Å². The van der Waals surface area contributed by atoms with Gasteiger partial charge in [-0.1, -0.05) is 0 Å². The molecule has 3 rings (SSSR count). The summed E-state index contributed by atoms with van der Waals surface area (Å²) >= 11 is 0. The first-order valence-corrected chi connectivity index (χ1v) is 7.94. The zero-order chi connectivity index (χ0) is 14.2. The minimum atomic E-state index is -3.59. The Morgan fingerprint density at radius 1 is 1.35 bits per heavy atom. The van der Waals surface area contributed by atoms with Gasteiger partial charge in [-0.05, 0) is 43.5 Å². The number of aryl methyl sites for hydroxylation is 2. The third-order valence-corrected chi connectivity index (χ3v) is 4.86. The third kappa shape index (κ3) is 2.36. The fourth-order valence-corrected chi connectivity index (χ4v) is 3.55. The van der Waals surface area contributed by atoms with Gasteiger partial charge in [0.25, 0.3) is 10.0 Å². The number of nitrogens with zero attached hydrogens (tertiary/aromatic N) is 1. The van der Waals surface area contributed by atoms with Gasteiger partial charge in [0.15, 0.2) is 0 Å². The highest BCUT2D eigenvalue weighted by atomic mass is 32.2. The van der Waals surface area contributed by atoms with Crippen LogP contribution in [0.2, 0.25) is 0 Å². The van der Waals surface area contributed by atoms with Crippen molar-refractivity contribution in [3.05, 3.63) is 35.7 Å². The van der Waals surface area contributed by atoms with Crippen LogP contribution in [-0.4, -0.2) is 25.2 Å². The Kier molecular flexibility index (Phi) is 3.13. The fraction of sp³-hybridized carbons (Fsp3) is 0.308. The van der Waals surface area contributed by atoms with E-state index in [4.69, 9.17) is 0 Å². The molecule has 0 amide bonds. The number of H-pyrrole nitrogens is 1. The van der Waals surface area contributed by atoms with Crippen molar-refractivity contribution in [2.75, 3.05) is 16.6 Å². The molecule has 0 spiro atoms. The molecule has 1 aromatic heterocycles. The SMILES string of the molecule is Cc1[nH]ncc1S(=O)(=O)Nc1ccc2c(c1)CCCN2. The third-order valence-electron chi connectivity index (χ3n) is 3.37. The summed E-state index contributed by atoms with van der Waals surface area (Å²) in [7, 11) is -3.59. The summed E-state index contributed by atoms with van der Waals surface area (Å²) in [5.41, 5.74) is 3.32. The van der Waals surface area contributed by atoms with E-state index in [0.29, 0.717) is 11.4 Å². The zero-order valence-corrected chi connectivity index (χ0v) is 11.9. The lowest BCUT2D eigenvalue weighted by Crippen LogP contribution is -2.15. The Balaban J connectivity index is 1.90. The van der Waals surface area contributed by atoms with Crippen LogP contribution in [0, 0.1) is 6.92 Å². The maximum Gasteiger partial charge on any atom is 0.265 e. The predicted octanol–water partition coefficient (Wildman–Crippen LogP) is 1.88. The zero-order valence-electron chi connectivity index (χ0n) is 11.1. The average molecular weight is 292 g/mol. The Hall–Kier alpha value is -2.02.